The van der Waals surface area contributed by atoms with E-state index in [0.717, 1.165) is 0 Å². The molecule has 6 N–H and O–H groups in total. The zero-order valence-electron chi connectivity index (χ0n) is 9.24. The third kappa shape index (κ3) is 1.76. The Balaban J connectivity index is 2.28. The van der Waals surface area contributed by atoms with E-state index < -0.39 is 48.6 Å². The van der Waals surface area contributed by atoms with Crippen LogP contribution in [0.1, 0.15) is 0 Å². The number of aliphatic hydroxyl groups is 4. The van der Waals surface area contributed by atoms with Crippen molar-refractivity contribution < 1.29 is 34.8 Å². The van der Waals surface area contributed by atoms with Gasteiger partial charge in [-0.1, -0.05) is 0 Å². The highest BCUT2D eigenvalue weighted by atomic mass is 16.6. The maximum Gasteiger partial charge on any atom is 0.276 e. The molecule has 2 saturated heterocycles. The van der Waals surface area contributed by atoms with Crippen LogP contribution in [0.2, 0.25) is 0 Å². The molecule has 2 heterocycles. The van der Waals surface area contributed by atoms with E-state index in [9.17, 15) is 24.9 Å². The summed E-state index contributed by atoms with van der Waals surface area (Å²) in [5, 5.41) is 42.1. The zero-order valence-corrected chi connectivity index (χ0v) is 9.24. The maximum absolute atomic E-state index is 11.7. The highest BCUT2D eigenvalue weighted by Gasteiger charge is 2.62. The first-order valence-corrected chi connectivity index (χ1v) is 5.34. The Bertz CT molecular complexity index is 376. The molecule has 2 aliphatic rings. The largest absolute Gasteiger partial charge is 0.394 e. The van der Waals surface area contributed by atoms with Gasteiger partial charge in [0.05, 0.1) is 13.2 Å². The Morgan fingerprint density at radius 2 is 2.11 bits per heavy atom. The molecule has 5 atom stereocenters. The van der Waals surface area contributed by atoms with Crippen molar-refractivity contribution in [2.75, 3.05) is 13.2 Å². The van der Waals surface area contributed by atoms with Crippen LogP contribution in [0.5, 0.6) is 0 Å². The lowest BCUT2D eigenvalue weighted by molar-refractivity contribution is -0.177. The Kier molecular flexibility index (Phi) is 3.25. The van der Waals surface area contributed by atoms with Gasteiger partial charge in [0.25, 0.3) is 11.6 Å². The fourth-order valence-electron chi connectivity index (χ4n) is 2.08. The molecule has 1 spiro atoms. The number of aliphatic hydroxyl groups excluding tert-OH is 4. The van der Waals surface area contributed by atoms with Gasteiger partial charge in [-0.3, -0.25) is 9.59 Å². The third-order valence-electron chi connectivity index (χ3n) is 3.04. The monoisotopic (exact) mass is 262 g/mol. The van der Waals surface area contributed by atoms with Gasteiger partial charge in [0, 0.05) is 0 Å². The summed E-state index contributed by atoms with van der Waals surface area (Å²) in [5.74, 6) is -1.42. The van der Waals surface area contributed by atoms with E-state index >= 15 is 0 Å². The molecule has 18 heavy (non-hydrogen) atoms. The SMILES string of the molecule is O=C1CNC(=O)C2(N1)OC(C(O)CO)C(O)C2O. The summed E-state index contributed by atoms with van der Waals surface area (Å²) < 4.78 is 5.10. The van der Waals surface area contributed by atoms with Gasteiger partial charge in [-0.05, 0) is 0 Å². The lowest BCUT2D eigenvalue weighted by atomic mass is 9.98. The summed E-state index contributed by atoms with van der Waals surface area (Å²) in [6.07, 6.45) is -6.22. The molecule has 2 aliphatic heterocycles. The molecular formula is C9H14N2O7. The number of hydrogen-bond donors (Lipinski definition) is 6. The molecule has 102 valence electrons. The summed E-state index contributed by atoms with van der Waals surface area (Å²) in [5.41, 5.74) is -2.13. The summed E-state index contributed by atoms with van der Waals surface area (Å²) >= 11 is 0. The summed E-state index contributed by atoms with van der Waals surface area (Å²) in [6.45, 7) is -0.986. The van der Waals surface area contributed by atoms with Crippen LogP contribution in [-0.2, 0) is 14.3 Å². The second-order valence-corrected chi connectivity index (χ2v) is 4.23. The molecule has 0 aromatic carbocycles. The van der Waals surface area contributed by atoms with Crippen LogP contribution in [0.4, 0.5) is 0 Å². The Morgan fingerprint density at radius 1 is 1.44 bits per heavy atom. The average molecular weight is 262 g/mol. The molecule has 0 aliphatic carbocycles. The van der Waals surface area contributed by atoms with Crippen molar-refractivity contribution in [2.24, 2.45) is 0 Å². The van der Waals surface area contributed by atoms with Crippen LogP contribution in [0, 0.1) is 0 Å². The quantitative estimate of drug-likeness (QED) is 0.293. The van der Waals surface area contributed by atoms with Crippen LogP contribution in [0.25, 0.3) is 0 Å². The minimum atomic E-state index is -2.13. The third-order valence-corrected chi connectivity index (χ3v) is 3.04. The molecule has 2 fully saturated rings. The maximum atomic E-state index is 11.7. The van der Waals surface area contributed by atoms with Gasteiger partial charge in [-0.15, -0.1) is 0 Å². The fraction of sp³-hybridized carbons (Fsp3) is 0.778. The summed E-state index contributed by atoms with van der Waals surface area (Å²) in [7, 11) is 0. The van der Waals surface area contributed by atoms with Crippen molar-refractivity contribution in [3.63, 3.8) is 0 Å². The smallest absolute Gasteiger partial charge is 0.276 e. The zero-order chi connectivity index (χ0) is 13.5. The number of nitrogens with one attached hydrogen (secondary N) is 2. The molecular weight excluding hydrogens is 248 g/mol. The van der Waals surface area contributed by atoms with E-state index in [1.807, 2.05) is 0 Å². The summed E-state index contributed by atoms with van der Waals surface area (Å²) in [4.78, 5) is 23.0. The molecule has 5 unspecified atom stereocenters. The second kappa shape index (κ2) is 4.44. The van der Waals surface area contributed by atoms with E-state index in [1.165, 1.54) is 0 Å². The molecule has 0 aromatic heterocycles. The van der Waals surface area contributed by atoms with Gasteiger partial charge in [-0.2, -0.15) is 0 Å². The standard InChI is InChI=1S/C9H14N2O7/c12-2-3(13)6-5(15)7(16)9(18-6)8(17)10-1-4(14)11-9/h3,5-7,12-13,15-16H,1-2H2,(H,10,17)(H,11,14). The van der Waals surface area contributed by atoms with Crippen molar-refractivity contribution in [2.45, 2.75) is 30.1 Å². The first kappa shape index (κ1) is 13.2. The second-order valence-electron chi connectivity index (χ2n) is 4.23. The number of rotatable bonds is 2. The number of piperazine rings is 1. The molecule has 9 nitrogen and oxygen atoms in total. The average Bonchev–Trinajstić information content (AvgIpc) is 2.60. The predicted octanol–water partition coefficient (Wildman–Crippen LogP) is -4.60. The van der Waals surface area contributed by atoms with Gasteiger partial charge in [-0.25, -0.2) is 0 Å². The molecule has 2 amide bonds. The van der Waals surface area contributed by atoms with Crippen LogP contribution < -0.4 is 10.6 Å². The van der Waals surface area contributed by atoms with Crippen LogP contribution in [-0.4, -0.2) is 75.5 Å². The first-order chi connectivity index (χ1) is 8.42. The molecule has 0 saturated carbocycles. The van der Waals surface area contributed by atoms with Gasteiger partial charge in [0.15, 0.2) is 0 Å². The topological polar surface area (TPSA) is 148 Å². The van der Waals surface area contributed by atoms with Crippen molar-refractivity contribution in [1.82, 2.24) is 10.6 Å². The molecule has 0 aromatic rings. The van der Waals surface area contributed by atoms with Crippen molar-refractivity contribution >= 4 is 11.8 Å². The molecule has 9 heteroatoms. The lowest BCUT2D eigenvalue weighted by Crippen LogP contribution is -2.70. The number of hydrogen-bond acceptors (Lipinski definition) is 7. The Labute approximate surface area is 101 Å². The molecule has 0 radical (unpaired) electrons. The number of amides is 2. The van der Waals surface area contributed by atoms with E-state index in [-0.39, 0.29) is 6.54 Å². The van der Waals surface area contributed by atoms with Gasteiger partial charge in [0.1, 0.15) is 24.4 Å². The number of carbonyl (C=O) groups excluding carboxylic acids is 2. The molecule has 2 rings (SSSR count). The predicted molar refractivity (Wildman–Crippen MR) is 53.9 cm³/mol. The first-order valence-electron chi connectivity index (χ1n) is 5.34. The fourth-order valence-corrected chi connectivity index (χ4v) is 2.08. The van der Waals surface area contributed by atoms with Crippen molar-refractivity contribution in [3.05, 3.63) is 0 Å². The van der Waals surface area contributed by atoms with Crippen molar-refractivity contribution in [1.29, 1.82) is 0 Å². The van der Waals surface area contributed by atoms with E-state index in [1.54, 1.807) is 0 Å². The lowest BCUT2D eigenvalue weighted by Gasteiger charge is -2.34. The number of carbonyl (C=O) groups is 2. The van der Waals surface area contributed by atoms with Gasteiger partial charge >= 0.3 is 0 Å². The van der Waals surface area contributed by atoms with Crippen LogP contribution in [0.3, 0.4) is 0 Å². The van der Waals surface area contributed by atoms with Gasteiger partial charge in [0.2, 0.25) is 5.91 Å². The van der Waals surface area contributed by atoms with E-state index in [0.29, 0.717) is 0 Å². The highest BCUT2D eigenvalue weighted by Crippen LogP contribution is 2.32. The Morgan fingerprint density at radius 3 is 2.72 bits per heavy atom. The minimum Gasteiger partial charge on any atom is -0.394 e. The van der Waals surface area contributed by atoms with Crippen molar-refractivity contribution in [3.8, 4) is 0 Å². The number of ether oxygens (including phenoxy) is 1. The van der Waals surface area contributed by atoms with Gasteiger partial charge < -0.3 is 35.8 Å². The minimum absolute atomic E-state index is 0.264. The molecule has 0 bridgehead atoms. The van der Waals surface area contributed by atoms with E-state index in [4.69, 9.17) is 9.84 Å². The van der Waals surface area contributed by atoms with Crippen LogP contribution in [0.15, 0.2) is 0 Å². The Hall–Kier alpha value is -1.26. The summed E-state index contributed by atoms with van der Waals surface area (Å²) in [6, 6.07) is 0. The normalized spacial score (nSPS) is 41.7. The highest BCUT2D eigenvalue weighted by molar-refractivity contribution is 5.97. The van der Waals surface area contributed by atoms with E-state index in [2.05, 4.69) is 10.6 Å². The van der Waals surface area contributed by atoms with Crippen LogP contribution >= 0.6 is 0 Å².